The molecule has 0 aliphatic heterocycles. The number of rotatable bonds is 7. The summed E-state index contributed by atoms with van der Waals surface area (Å²) in [6, 6.07) is 10.1. The standard InChI is InChI=1S/C19H23N5OS/c1-4-5-11-16-21-22-19(26-16)20-18(25)17-13(2)23-24(14(17)3)12-15-9-7-6-8-10-15/h6-10H,4-5,11-12H2,1-3H3,(H,20,22,25). The van der Waals surface area contributed by atoms with E-state index in [0.29, 0.717) is 22.9 Å². The molecular formula is C19H23N5OS. The zero-order chi connectivity index (χ0) is 18.5. The second-order valence-corrected chi connectivity index (χ2v) is 7.31. The molecule has 0 radical (unpaired) electrons. The van der Waals surface area contributed by atoms with Gasteiger partial charge in [-0.3, -0.25) is 14.8 Å². The summed E-state index contributed by atoms with van der Waals surface area (Å²) < 4.78 is 1.87. The molecule has 0 fully saturated rings. The Morgan fingerprint density at radius 3 is 2.69 bits per heavy atom. The Morgan fingerprint density at radius 2 is 1.96 bits per heavy atom. The molecule has 1 N–H and O–H groups in total. The van der Waals surface area contributed by atoms with Crippen LogP contribution in [0.2, 0.25) is 0 Å². The van der Waals surface area contributed by atoms with E-state index in [4.69, 9.17) is 0 Å². The number of aryl methyl sites for hydroxylation is 2. The van der Waals surface area contributed by atoms with Gasteiger partial charge in [-0.25, -0.2) is 0 Å². The van der Waals surface area contributed by atoms with Gasteiger partial charge in [0, 0.05) is 12.1 Å². The number of aromatic nitrogens is 4. The van der Waals surface area contributed by atoms with Crippen molar-refractivity contribution in [2.24, 2.45) is 0 Å². The minimum atomic E-state index is -0.183. The van der Waals surface area contributed by atoms with Crippen LogP contribution in [-0.4, -0.2) is 25.9 Å². The molecule has 136 valence electrons. The third-order valence-corrected chi connectivity index (χ3v) is 5.11. The molecule has 1 amide bonds. The van der Waals surface area contributed by atoms with Gasteiger partial charge < -0.3 is 0 Å². The molecule has 3 aromatic rings. The number of benzene rings is 1. The van der Waals surface area contributed by atoms with Crippen LogP contribution in [0, 0.1) is 13.8 Å². The second kappa shape index (κ2) is 8.23. The van der Waals surface area contributed by atoms with Crippen LogP contribution in [0.4, 0.5) is 5.13 Å². The van der Waals surface area contributed by atoms with Gasteiger partial charge in [0.25, 0.3) is 5.91 Å². The highest BCUT2D eigenvalue weighted by atomic mass is 32.1. The van der Waals surface area contributed by atoms with E-state index in [1.165, 1.54) is 11.3 Å². The summed E-state index contributed by atoms with van der Waals surface area (Å²) in [6.45, 7) is 6.56. The minimum absolute atomic E-state index is 0.183. The van der Waals surface area contributed by atoms with Crippen LogP contribution in [0.3, 0.4) is 0 Å². The molecule has 0 atom stereocenters. The van der Waals surface area contributed by atoms with E-state index in [9.17, 15) is 4.79 Å². The summed E-state index contributed by atoms with van der Waals surface area (Å²) in [4.78, 5) is 12.7. The van der Waals surface area contributed by atoms with E-state index in [-0.39, 0.29) is 5.91 Å². The molecule has 7 heteroatoms. The van der Waals surface area contributed by atoms with Crippen molar-refractivity contribution in [3.05, 3.63) is 57.9 Å². The lowest BCUT2D eigenvalue weighted by molar-refractivity contribution is 0.102. The van der Waals surface area contributed by atoms with E-state index in [1.807, 2.05) is 36.7 Å². The van der Waals surface area contributed by atoms with Gasteiger partial charge in [-0.2, -0.15) is 5.10 Å². The Bertz CT molecular complexity index is 885. The fraction of sp³-hybridized carbons (Fsp3) is 0.368. The molecule has 0 saturated carbocycles. The number of anilines is 1. The van der Waals surface area contributed by atoms with Crippen LogP contribution in [-0.2, 0) is 13.0 Å². The molecular weight excluding hydrogens is 346 g/mol. The number of hydrogen-bond acceptors (Lipinski definition) is 5. The molecule has 3 rings (SSSR count). The molecule has 2 heterocycles. The van der Waals surface area contributed by atoms with Crippen molar-refractivity contribution in [3.63, 3.8) is 0 Å². The Kier molecular flexibility index (Phi) is 5.78. The first-order chi connectivity index (χ1) is 12.6. The summed E-state index contributed by atoms with van der Waals surface area (Å²) in [5, 5.41) is 17.1. The number of nitrogens with one attached hydrogen (secondary N) is 1. The van der Waals surface area contributed by atoms with E-state index in [1.54, 1.807) is 0 Å². The number of hydrogen-bond donors (Lipinski definition) is 1. The third kappa shape index (κ3) is 4.16. The average molecular weight is 369 g/mol. The zero-order valence-electron chi connectivity index (χ0n) is 15.3. The topological polar surface area (TPSA) is 72.7 Å². The Balaban J connectivity index is 1.74. The number of amides is 1. The number of carbonyl (C=O) groups excluding carboxylic acids is 1. The first kappa shape index (κ1) is 18.3. The van der Waals surface area contributed by atoms with E-state index in [2.05, 4.69) is 39.7 Å². The molecule has 6 nitrogen and oxygen atoms in total. The van der Waals surface area contributed by atoms with Crippen molar-refractivity contribution in [3.8, 4) is 0 Å². The summed E-state index contributed by atoms with van der Waals surface area (Å²) in [5.74, 6) is -0.183. The molecule has 2 aromatic heterocycles. The van der Waals surface area contributed by atoms with Crippen LogP contribution in [0.1, 0.15) is 52.1 Å². The smallest absolute Gasteiger partial charge is 0.261 e. The quantitative estimate of drug-likeness (QED) is 0.683. The first-order valence-electron chi connectivity index (χ1n) is 8.80. The van der Waals surface area contributed by atoms with Gasteiger partial charge in [0.05, 0.1) is 17.8 Å². The summed E-state index contributed by atoms with van der Waals surface area (Å²) >= 11 is 1.44. The first-order valence-corrected chi connectivity index (χ1v) is 9.61. The van der Waals surface area contributed by atoms with Gasteiger partial charge in [-0.1, -0.05) is 55.0 Å². The normalized spacial score (nSPS) is 10.9. The largest absolute Gasteiger partial charge is 0.296 e. The number of carbonyl (C=O) groups is 1. The lowest BCUT2D eigenvalue weighted by Crippen LogP contribution is -2.14. The van der Waals surface area contributed by atoms with E-state index >= 15 is 0 Å². The molecule has 1 aromatic carbocycles. The Hall–Kier alpha value is -2.54. The maximum absolute atomic E-state index is 12.7. The number of nitrogens with zero attached hydrogens (tertiary/aromatic N) is 4. The lowest BCUT2D eigenvalue weighted by atomic mass is 10.2. The predicted molar refractivity (Wildman–Crippen MR) is 104 cm³/mol. The van der Waals surface area contributed by atoms with Gasteiger partial charge in [-0.15, -0.1) is 10.2 Å². The van der Waals surface area contributed by atoms with E-state index < -0.39 is 0 Å². The van der Waals surface area contributed by atoms with Crippen molar-refractivity contribution in [2.45, 2.75) is 46.6 Å². The summed E-state index contributed by atoms with van der Waals surface area (Å²) in [6.07, 6.45) is 3.09. The van der Waals surface area contributed by atoms with E-state index in [0.717, 1.165) is 35.5 Å². The van der Waals surface area contributed by atoms with Gasteiger partial charge in [-0.05, 0) is 25.8 Å². The van der Waals surface area contributed by atoms with Crippen molar-refractivity contribution < 1.29 is 4.79 Å². The fourth-order valence-corrected chi connectivity index (χ4v) is 3.61. The Labute approximate surface area is 157 Å². The molecule has 0 aliphatic carbocycles. The molecule has 0 spiro atoms. The van der Waals surface area contributed by atoms with Crippen LogP contribution in [0.15, 0.2) is 30.3 Å². The van der Waals surface area contributed by atoms with Crippen LogP contribution in [0.25, 0.3) is 0 Å². The highest BCUT2D eigenvalue weighted by molar-refractivity contribution is 7.15. The monoisotopic (exact) mass is 369 g/mol. The van der Waals surface area contributed by atoms with Crippen molar-refractivity contribution in [1.82, 2.24) is 20.0 Å². The molecule has 0 unspecified atom stereocenters. The minimum Gasteiger partial charge on any atom is -0.296 e. The van der Waals surface area contributed by atoms with Crippen molar-refractivity contribution in [1.29, 1.82) is 0 Å². The summed E-state index contributed by atoms with van der Waals surface area (Å²) in [7, 11) is 0. The third-order valence-electron chi connectivity index (χ3n) is 4.22. The maximum atomic E-state index is 12.7. The van der Waals surface area contributed by atoms with Crippen LogP contribution < -0.4 is 5.32 Å². The van der Waals surface area contributed by atoms with Crippen LogP contribution >= 0.6 is 11.3 Å². The van der Waals surface area contributed by atoms with Gasteiger partial charge in [0.15, 0.2) is 0 Å². The molecule has 26 heavy (non-hydrogen) atoms. The zero-order valence-corrected chi connectivity index (χ0v) is 16.1. The predicted octanol–water partition coefficient (Wildman–Crippen LogP) is 3.99. The SMILES string of the molecule is CCCCc1nnc(NC(=O)c2c(C)nn(Cc3ccccc3)c2C)s1. The van der Waals surface area contributed by atoms with Crippen molar-refractivity contribution >= 4 is 22.4 Å². The average Bonchev–Trinajstić information content (AvgIpc) is 3.18. The molecule has 0 saturated heterocycles. The molecule has 0 aliphatic rings. The van der Waals surface area contributed by atoms with Crippen LogP contribution in [0.5, 0.6) is 0 Å². The fourth-order valence-electron chi connectivity index (χ4n) is 2.83. The lowest BCUT2D eigenvalue weighted by Gasteiger charge is -2.05. The van der Waals surface area contributed by atoms with Gasteiger partial charge >= 0.3 is 0 Å². The highest BCUT2D eigenvalue weighted by Gasteiger charge is 2.20. The second-order valence-electron chi connectivity index (χ2n) is 6.25. The summed E-state index contributed by atoms with van der Waals surface area (Å²) in [5.41, 5.74) is 3.31. The highest BCUT2D eigenvalue weighted by Crippen LogP contribution is 2.20. The molecule has 0 bridgehead atoms. The Morgan fingerprint density at radius 1 is 1.19 bits per heavy atom. The maximum Gasteiger partial charge on any atom is 0.261 e. The number of unbranched alkanes of at least 4 members (excludes halogenated alkanes) is 1. The van der Waals surface area contributed by atoms with Crippen molar-refractivity contribution in [2.75, 3.05) is 5.32 Å². The van der Waals surface area contributed by atoms with Gasteiger partial charge in [0.2, 0.25) is 5.13 Å². The van der Waals surface area contributed by atoms with Gasteiger partial charge in [0.1, 0.15) is 5.01 Å².